The van der Waals surface area contributed by atoms with E-state index in [-0.39, 0.29) is 11.1 Å². The molecule has 0 aromatic heterocycles. The van der Waals surface area contributed by atoms with Crippen molar-refractivity contribution in [3.63, 3.8) is 0 Å². The Bertz CT molecular complexity index is 1370. The lowest BCUT2D eigenvalue weighted by Crippen LogP contribution is -2.27. The number of halogens is 8. The number of rotatable bonds is 11. The fraction of sp³-hybridized carbons (Fsp3) is 0.200. The van der Waals surface area contributed by atoms with Crippen LogP contribution < -0.4 is 9.47 Å². The molecule has 0 fully saturated rings. The molecule has 2 nitrogen and oxygen atoms in total. The molecule has 0 spiro atoms. The van der Waals surface area contributed by atoms with Gasteiger partial charge in [0, 0.05) is 5.56 Å². The van der Waals surface area contributed by atoms with Crippen LogP contribution in [0.25, 0.3) is 16.7 Å². The standard InChI is InChI=1S/C30H24F8O2/c1-3-4-20-5-7-21(8-6-20)22-9-14-26(28(33)17-22)23(15-16-31)18-27(32)19(2)29(34,35)39-24-10-12-25(13-11-24)40-30(36,37)38/h5-15,17-18H,2-4,16H2,1H3/b23-15+,27-18+. The quantitative estimate of drug-likeness (QED) is 0.169. The predicted octanol–water partition coefficient (Wildman–Crippen LogP) is 9.78. The topological polar surface area (TPSA) is 18.5 Å². The Kier molecular flexibility index (Phi) is 9.78. The molecule has 0 aliphatic carbocycles. The number of hydrogen-bond donors (Lipinski definition) is 0. The summed E-state index contributed by atoms with van der Waals surface area (Å²) in [6.07, 6.45) is -6.19. The average molecular weight is 569 g/mol. The van der Waals surface area contributed by atoms with E-state index < -0.39 is 47.9 Å². The van der Waals surface area contributed by atoms with Gasteiger partial charge >= 0.3 is 12.5 Å². The molecule has 3 rings (SSSR count). The summed E-state index contributed by atoms with van der Waals surface area (Å²) in [5.74, 6) is -3.77. The van der Waals surface area contributed by atoms with Crippen molar-refractivity contribution < 1.29 is 44.6 Å². The zero-order chi connectivity index (χ0) is 29.5. The second-order valence-corrected chi connectivity index (χ2v) is 8.56. The van der Waals surface area contributed by atoms with Gasteiger partial charge in [-0.15, -0.1) is 13.2 Å². The Balaban J connectivity index is 1.80. The lowest BCUT2D eigenvalue weighted by molar-refractivity contribution is -0.274. The monoisotopic (exact) mass is 568 g/mol. The van der Waals surface area contributed by atoms with E-state index in [1.54, 1.807) is 0 Å². The minimum atomic E-state index is -4.99. The molecule has 3 aromatic carbocycles. The molecule has 10 heteroatoms. The molecule has 3 aromatic rings. The summed E-state index contributed by atoms with van der Waals surface area (Å²) in [4.78, 5) is 0. The van der Waals surface area contributed by atoms with Gasteiger partial charge in [0.05, 0.1) is 5.57 Å². The Morgan fingerprint density at radius 2 is 1.43 bits per heavy atom. The van der Waals surface area contributed by atoms with E-state index in [9.17, 15) is 30.7 Å². The van der Waals surface area contributed by atoms with Crippen LogP contribution in [0.4, 0.5) is 35.1 Å². The highest BCUT2D eigenvalue weighted by Crippen LogP contribution is 2.35. The van der Waals surface area contributed by atoms with Gasteiger partial charge in [-0.25, -0.2) is 13.2 Å². The van der Waals surface area contributed by atoms with E-state index in [0.717, 1.165) is 48.7 Å². The first-order chi connectivity index (χ1) is 18.8. The number of hydrogen-bond acceptors (Lipinski definition) is 2. The van der Waals surface area contributed by atoms with Crippen LogP contribution in [0.2, 0.25) is 0 Å². The van der Waals surface area contributed by atoms with Gasteiger partial charge in [0.2, 0.25) is 0 Å². The van der Waals surface area contributed by atoms with Crippen LogP contribution in [0.5, 0.6) is 11.5 Å². The molecule has 0 saturated heterocycles. The lowest BCUT2D eigenvalue weighted by Gasteiger charge is -2.20. The third-order valence-corrected chi connectivity index (χ3v) is 5.63. The van der Waals surface area contributed by atoms with Crippen LogP contribution in [0.1, 0.15) is 24.5 Å². The number of aryl methyl sites for hydroxylation is 1. The van der Waals surface area contributed by atoms with Gasteiger partial charge in [-0.05, 0) is 71.2 Å². The third kappa shape index (κ3) is 8.21. The fourth-order valence-corrected chi connectivity index (χ4v) is 3.69. The van der Waals surface area contributed by atoms with E-state index in [4.69, 9.17) is 0 Å². The highest BCUT2D eigenvalue weighted by atomic mass is 19.4. The van der Waals surface area contributed by atoms with Crippen LogP contribution in [-0.2, 0) is 6.42 Å². The van der Waals surface area contributed by atoms with E-state index in [2.05, 4.69) is 16.1 Å². The van der Waals surface area contributed by atoms with Crippen molar-refractivity contribution >= 4 is 5.57 Å². The van der Waals surface area contributed by atoms with Gasteiger partial charge < -0.3 is 9.47 Å². The van der Waals surface area contributed by atoms with Crippen LogP contribution in [0.3, 0.4) is 0 Å². The first-order valence-electron chi connectivity index (χ1n) is 12.0. The maximum Gasteiger partial charge on any atom is 0.573 e. The summed E-state index contributed by atoms with van der Waals surface area (Å²) in [6, 6.07) is 14.4. The van der Waals surface area contributed by atoms with Crippen molar-refractivity contribution in [3.8, 4) is 22.6 Å². The van der Waals surface area contributed by atoms with E-state index in [0.29, 0.717) is 17.2 Å². The maximum atomic E-state index is 15.0. The predicted molar refractivity (Wildman–Crippen MR) is 137 cm³/mol. The van der Waals surface area contributed by atoms with Crippen LogP contribution in [0, 0.1) is 5.82 Å². The van der Waals surface area contributed by atoms with Crippen LogP contribution in [0.15, 0.2) is 96.9 Å². The Morgan fingerprint density at radius 1 is 0.850 bits per heavy atom. The van der Waals surface area contributed by atoms with Crippen molar-refractivity contribution in [1.29, 1.82) is 0 Å². The van der Waals surface area contributed by atoms with E-state index in [1.807, 2.05) is 31.2 Å². The zero-order valence-corrected chi connectivity index (χ0v) is 21.2. The number of ether oxygens (including phenoxy) is 2. The van der Waals surface area contributed by atoms with Gasteiger partial charge in [-0.1, -0.05) is 56.3 Å². The smallest absolute Gasteiger partial charge is 0.429 e. The Labute approximate surface area is 225 Å². The van der Waals surface area contributed by atoms with Crippen molar-refractivity contribution in [3.05, 3.63) is 114 Å². The van der Waals surface area contributed by atoms with Gasteiger partial charge in [-0.3, -0.25) is 0 Å². The molecule has 0 aliphatic heterocycles. The van der Waals surface area contributed by atoms with Crippen molar-refractivity contribution in [2.45, 2.75) is 32.2 Å². The molecule has 212 valence electrons. The molecular formula is C30H24F8O2. The highest BCUT2D eigenvalue weighted by molar-refractivity contribution is 5.77. The summed E-state index contributed by atoms with van der Waals surface area (Å²) in [5, 5.41) is 0. The van der Waals surface area contributed by atoms with E-state index >= 15 is 4.39 Å². The minimum absolute atomic E-state index is 0.239. The zero-order valence-electron chi connectivity index (χ0n) is 21.2. The lowest BCUT2D eigenvalue weighted by atomic mass is 9.97. The molecule has 40 heavy (non-hydrogen) atoms. The second-order valence-electron chi connectivity index (χ2n) is 8.56. The average Bonchev–Trinajstić information content (AvgIpc) is 2.88. The molecule has 0 amide bonds. The number of allylic oxidation sites excluding steroid dienone is 3. The number of benzene rings is 3. The molecule has 0 unspecified atom stereocenters. The Morgan fingerprint density at radius 3 is 1.95 bits per heavy atom. The van der Waals surface area contributed by atoms with Gasteiger partial charge in [0.1, 0.15) is 29.8 Å². The summed E-state index contributed by atoms with van der Waals surface area (Å²) in [5.41, 5.74) is 0.266. The molecule has 0 saturated carbocycles. The van der Waals surface area contributed by atoms with Crippen molar-refractivity contribution in [2.24, 2.45) is 0 Å². The summed E-state index contributed by atoms with van der Waals surface area (Å²) >= 11 is 0. The molecule has 0 aliphatic rings. The van der Waals surface area contributed by atoms with E-state index in [1.165, 1.54) is 18.2 Å². The van der Waals surface area contributed by atoms with Crippen LogP contribution >= 0.6 is 0 Å². The summed E-state index contributed by atoms with van der Waals surface area (Å²) < 4.78 is 117. The summed E-state index contributed by atoms with van der Waals surface area (Å²) in [6.45, 7) is 3.88. The number of alkyl halides is 6. The first-order valence-corrected chi connectivity index (χ1v) is 12.0. The molecule has 0 bridgehead atoms. The normalized spacial score (nSPS) is 12.8. The molecule has 0 heterocycles. The fourth-order valence-electron chi connectivity index (χ4n) is 3.69. The van der Waals surface area contributed by atoms with Gasteiger partial charge in [0.25, 0.3) is 0 Å². The SMILES string of the molecule is C=C(/C(F)=C\C(=C/CF)c1ccc(-c2ccc(CCC)cc2)cc1F)C(F)(F)Oc1ccc(OC(F)(F)F)cc1. The minimum Gasteiger partial charge on any atom is -0.429 e. The Hall–Kier alpha value is -4.08. The van der Waals surface area contributed by atoms with Gasteiger partial charge in [-0.2, -0.15) is 8.78 Å². The molecule has 0 atom stereocenters. The van der Waals surface area contributed by atoms with Crippen molar-refractivity contribution in [2.75, 3.05) is 6.67 Å². The third-order valence-electron chi connectivity index (χ3n) is 5.63. The largest absolute Gasteiger partial charge is 0.573 e. The first kappa shape index (κ1) is 30.5. The maximum absolute atomic E-state index is 15.0. The second kappa shape index (κ2) is 12.8. The van der Waals surface area contributed by atoms with Crippen molar-refractivity contribution in [1.82, 2.24) is 0 Å². The van der Waals surface area contributed by atoms with Gasteiger partial charge in [0.15, 0.2) is 0 Å². The highest BCUT2D eigenvalue weighted by Gasteiger charge is 2.39. The molecule has 0 radical (unpaired) electrons. The summed E-state index contributed by atoms with van der Waals surface area (Å²) in [7, 11) is 0. The molecule has 0 N–H and O–H groups in total. The van der Waals surface area contributed by atoms with Crippen LogP contribution in [-0.4, -0.2) is 19.1 Å². The molecular weight excluding hydrogens is 544 g/mol.